The number of nitrogens with zero attached hydrogens (tertiary/aromatic N) is 2. The van der Waals surface area contributed by atoms with Crippen molar-refractivity contribution >= 4 is 0 Å². The number of rotatable bonds is 4. The highest BCUT2D eigenvalue weighted by atomic mass is 15.1. The second-order valence-electron chi connectivity index (χ2n) is 6.70. The second kappa shape index (κ2) is 5.66. The van der Waals surface area contributed by atoms with Crippen LogP contribution in [-0.4, -0.2) is 22.1 Å². The van der Waals surface area contributed by atoms with Crippen LogP contribution in [0.25, 0.3) is 0 Å². The molecule has 1 aromatic rings. The van der Waals surface area contributed by atoms with Crippen LogP contribution >= 0.6 is 0 Å². The van der Waals surface area contributed by atoms with Gasteiger partial charge >= 0.3 is 0 Å². The van der Waals surface area contributed by atoms with Gasteiger partial charge in [0.05, 0.1) is 18.1 Å². The highest BCUT2D eigenvalue weighted by Crippen LogP contribution is 2.41. The summed E-state index contributed by atoms with van der Waals surface area (Å²) in [6.07, 6.45) is 7.14. The molecule has 0 bridgehead atoms. The number of imidazole rings is 1. The highest BCUT2D eigenvalue weighted by Gasteiger charge is 2.39. The Kier molecular flexibility index (Phi) is 4.34. The van der Waals surface area contributed by atoms with E-state index < -0.39 is 0 Å². The van der Waals surface area contributed by atoms with E-state index in [-0.39, 0.29) is 0 Å². The van der Waals surface area contributed by atoms with Crippen LogP contribution in [0.15, 0.2) is 6.33 Å². The van der Waals surface area contributed by atoms with Gasteiger partial charge in [0.2, 0.25) is 0 Å². The molecule has 0 amide bonds. The minimum atomic E-state index is 0.364. The maximum absolute atomic E-state index is 4.49. The summed E-state index contributed by atoms with van der Waals surface area (Å²) >= 11 is 0. The number of hydrogen-bond acceptors (Lipinski definition) is 2. The molecule has 0 saturated heterocycles. The minimum absolute atomic E-state index is 0.364. The van der Waals surface area contributed by atoms with Crippen molar-refractivity contribution in [2.75, 3.05) is 6.54 Å². The summed E-state index contributed by atoms with van der Waals surface area (Å²) in [5.74, 6) is 0. The molecule has 108 valence electrons. The first-order chi connectivity index (χ1) is 8.97. The Labute approximate surface area is 117 Å². The summed E-state index contributed by atoms with van der Waals surface area (Å²) in [6.45, 7) is 12.5. The average molecular weight is 263 g/mol. The van der Waals surface area contributed by atoms with E-state index in [0.717, 1.165) is 12.2 Å². The normalized spacial score (nSPS) is 26.6. The van der Waals surface area contributed by atoms with Gasteiger partial charge in [-0.25, -0.2) is 4.98 Å². The Balaban J connectivity index is 2.27. The maximum Gasteiger partial charge on any atom is 0.0954 e. The van der Waals surface area contributed by atoms with Gasteiger partial charge in [0.15, 0.2) is 0 Å². The maximum atomic E-state index is 4.49. The number of aryl methyl sites for hydroxylation is 1. The van der Waals surface area contributed by atoms with Gasteiger partial charge in [-0.15, -0.1) is 0 Å². The lowest BCUT2D eigenvalue weighted by molar-refractivity contribution is 0.112. The Hall–Kier alpha value is -0.830. The Morgan fingerprint density at radius 3 is 2.74 bits per heavy atom. The molecule has 1 N–H and O–H groups in total. The summed E-state index contributed by atoms with van der Waals surface area (Å²) in [4.78, 5) is 4.49. The molecule has 1 aliphatic rings. The SMILES string of the molecule is CCCNC1C(n2cnc(C)c2C)CCCC1(C)C. The first-order valence-corrected chi connectivity index (χ1v) is 7.70. The Morgan fingerprint density at radius 1 is 1.42 bits per heavy atom. The Bertz CT molecular complexity index is 420. The molecule has 1 aliphatic carbocycles. The minimum Gasteiger partial charge on any atom is -0.330 e. The van der Waals surface area contributed by atoms with E-state index in [9.17, 15) is 0 Å². The summed E-state index contributed by atoms with van der Waals surface area (Å²) in [7, 11) is 0. The van der Waals surface area contributed by atoms with E-state index >= 15 is 0 Å². The zero-order valence-electron chi connectivity index (χ0n) is 13.2. The quantitative estimate of drug-likeness (QED) is 0.899. The van der Waals surface area contributed by atoms with E-state index in [1.165, 1.54) is 31.4 Å². The average Bonchev–Trinajstić information content (AvgIpc) is 2.68. The molecular weight excluding hydrogens is 234 g/mol. The lowest BCUT2D eigenvalue weighted by atomic mass is 9.70. The molecular formula is C16H29N3. The van der Waals surface area contributed by atoms with Crippen molar-refractivity contribution in [2.24, 2.45) is 5.41 Å². The smallest absolute Gasteiger partial charge is 0.0954 e. The fourth-order valence-corrected chi connectivity index (χ4v) is 3.47. The van der Waals surface area contributed by atoms with Crippen LogP contribution in [0.2, 0.25) is 0 Å². The van der Waals surface area contributed by atoms with Crippen LogP contribution in [0, 0.1) is 19.3 Å². The summed E-state index contributed by atoms with van der Waals surface area (Å²) in [5.41, 5.74) is 2.85. The van der Waals surface area contributed by atoms with Gasteiger partial charge in [0.1, 0.15) is 0 Å². The molecule has 3 heteroatoms. The monoisotopic (exact) mass is 263 g/mol. The molecule has 2 atom stereocenters. The first-order valence-electron chi connectivity index (χ1n) is 7.70. The van der Waals surface area contributed by atoms with Gasteiger partial charge in [-0.05, 0) is 45.1 Å². The fourth-order valence-electron chi connectivity index (χ4n) is 3.47. The van der Waals surface area contributed by atoms with E-state index in [1.54, 1.807) is 0 Å². The van der Waals surface area contributed by atoms with Crippen LogP contribution in [0.5, 0.6) is 0 Å². The van der Waals surface area contributed by atoms with Crippen molar-refractivity contribution < 1.29 is 0 Å². The molecule has 2 unspecified atom stereocenters. The molecule has 0 aliphatic heterocycles. The zero-order chi connectivity index (χ0) is 14.0. The molecule has 1 heterocycles. The standard InChI is InChI=1S/C16H29N3/c1-6-10-17-15-14(8-7-9-16(15,4)5)19-11-18-12(2)13(19)3/h11,14-15,17H,6-10H2,1-5H3. The molecule has 3 nitrogen and oxygen atoms in total. The predicted octanol–water partition coefficient (Wildman–Crippen LogP) is 3.62. The van der Waals surface area contributed by atoms with Crippen molar-refractivity contribution in [1.29, 1.82) is 0 Å². The summed E-state index contributed by atoms with van der Waals surface area (Å²) in [5, 5.41) is 3.80. The molecule has 2 rings (SSSR count). The van der Waals surface area contributed by atoms with Crippen molar-refractivity contribution in [1.82, 2.24) is 14.9 Å². The van der Waals surface area contributed by atoms with Gasteiger partial charge in [0.25, 0.3) is 0 Å². The lowest BCUT2D eigenvalue weighted by Crippen LogP contribution is -2.50. The molecule has 0 radical (unpaired) electrons. The molecule has 0 spiro atoms. The van der Waals surface area contributed by atoms with Gasteiger partial charge < -0.3 is 9.88 Å². The third-order valence-electron chi connectivity index (χ3n) is 4.81. The Morgan fingerprint density at radius 2 is 2.16 bits per heavy atom. The number of hydrogen-bond donors (Lipinski definition) is 1. The molecule has 1 saturated carbocycles. The van der Waals surface area contributed by atoms with Gasteiger partial charge in [0, 0.05) is 11.7 Å². The second-order valence-corrected chi connectivity index (χ2v) is 6.70. The van der Waals surface area contributed by atoms with E-state index in [1.807, 2.05) is 6.33 Å². The van der Waals surface area contributed by atoms with Gasteiger partial charge in [-0.2, -0.15) is 0 Å². The van der Waals surface area contributed by atoms with E-state index in [2.05, 4.69) is 49.5 Å². The van der Waals surface area contributed by atoms with Crippen LogP contribution in [0.4, 0.5) is 0 Å². The highest BCUT2D eigenvalue weighted by molar-refractivity contribution is 5.12. The topological polar surface area (TPSA) is 29.9 Å². The first kappa shape index (κ1) is 14.6. The third kappa shape index (κ3) is 2.86. The summed E-state index contributed by atoms with van der Waals surface area (Å²) < 4.78 is 2.41. The fraction of sp³-hybridized carbons (Fsp3) is 0.812. The van der Waals surface area contributed by atoms with E-state index in [0.29, 0.717) is 17.5 Å². The largest absolute Gasteiger partial charge is 0.330 e. The zero-order valence-corrected chi connectivity index (χ0v) is 13.2. The summed E-state index contributed by atoms with van der Waals surface area (Å²) in [6, 6.07) is 1.10. The van der Waals surface area contributed by atoms with Gasteiger partial charge in [-0.1, -0.05) is 27.2 Å². The van der Waals surface area contributed by atoms with Crippen LogP contribution in [-0.2, 0) is 0 Å². The molecule has 1 aromatic heterocycles. The van der Waals surface area contributed by atoms with Crippen molar-refractivity contribution in [3.05, 3.63) is 17.7 Å². The van der Waals surface area contributed by atoms with Crippen molar-refractivity contribution in [3.63, 3.8) is 0 Å². The molecule has 0 aromatic carbocycles. The van der Waals surface area contributed by atoms with Crippen LogP contribution < -0.4 is 5.32 Å². The van der Waals surface area contributed by atoms with Crippen molar-refractivity contribution in [2.45, 2.75) is 72.4 Å². The lowest BCUT2D eigenvalue weighted by Gasteiger charge is -2.45. The number of aromatic nitrogens is 2. The van der Waals surface area contributed by atoms with Crippen LogP contribution in [0.1, 0.15) is 63.9 Å². The van der Waals surface area contributed by atoms with Crippen molar-refractivity contribution in [3.8, 4) is 0 Å². The number of nitrogens with one attached hydrogen (secondary N) is 1. The molecule has 19 heavy (non-hydrogen) atoms. The predicted molar refractivity (Wildman–Crippen MR) is 80.5 cm³/mol. The van der Waals surface area contributed by atoms with Crippen LogP contribution in [0.3, 0.4) is 0 Å². The third-order valence-corrected chi connectivity index (χ3v) is 4.81. The van der Waals surface area contributed by atoms with E-state index in [4.69, 9.17) is 0 Å². The molecule has 1 fully saturated rings. The van der Waals surface area contributed by atoms with Gasteiger partial charge in [-0.3, -0.25) is 0 Å².